The second-order valence-corrected chi connectivity index (χ2v) is 5.34. The van der Waals surface area contributed by atoms with Crippen molar-refractivity contribution in [3.63, 3.8) is 0 Å². The first kappa shape index (κ1) is 14.0. The zero-order valence-corrected chi connectivity index (χ0v) is 11.5. The minimum atomic E-state index is -0.345. The van der Waals surface area contributed by atoms with E-state index < -0.39 is 0 Å². The number of hydrogen-bond donors (Lipinski definition) is 1. The maximum atomic E-state index is 10.6. The van der Waals surface area contributed by atoms with Gasteiger partial charge in [0.25, 0.3) is 5.69 Å². The summed E-state index contributed by atoms with van der Waals surface area (Å²) in [6, 6.07) is 7.49. The molecule has 1 fully saturated rings. The summed E-state index contributed by atoms with van der Waals surface area (Å²) in [7, 11) is 0. The number of likely N-dealkylation sites (N-methyl/N-ethyl adjacent to an activating group) is 1. The van der Waals surface area contributed by atoms with Gasteiger partial charge in [0, 0.05) is 18.2 Å². The first-order valence-electron chi connectivity index (χ1n) is 7.17. The van der Waals surface area contributed by atoms with Crippen molar-refractivity contribution < 1.29 is 4.92 Å². The lowest BCUT2D eigenvalue weighted by molar-refractivity contribution is -0.384. The van der Waals surface area contributed by atoms with E-state index in [2.05, 4.69) is 12.2 Å². The van der Waals surface area contributed by atoms with Crippen LogP contribution in [0.5, 0.6) is 0 Å². The van der Waals surface area contributed by atoms with E-state index in [9.17, 15) is 10.1 Å². The van der Waals surface area contributed by atoms with Gasteiger partial charge in [-0.3, -0.25) is 10.1 Å². The normalized spacial score (nSPS) is 17.5. The van der Waals surface area contributed by atoms with Gasteiger partial charge < -0.3 is 5.32 Å². The Bertz CT molecular complexity index is 411. The highest BCUT2D eigenvalue weighted by atomic mass is 16.6. The molecule has 0 radical (unpaired) electrons. The van der Waals surface area contributed by atoms with Crippen LogP contribution in [0.1, 0.15) is 38.2 Å². The first-order chi connectivity index (χ1) is 9.20. The maximum absolute atomic E-state index is 10.6. The molecule has 0 saturated heterocycles. The van der Waals surface area contributed by atoms with Gasteiger partial charge in [0.2, 0.25) is 0 Å². The maximum Gasteiger partial charge on any atom is 0.269 e. The predicted octanol–water partition coefficient (Wildman–Crippen LogP) is 3.31. The van der Waals surface area contributed by atoms with Crippen LogP contribution >= 0.6 is 0 Å². The molecule has 0 heterocycles. The fourth-order valence-corrected chi connectivity index (χ4v) is 3.04. The van der Waals surface area contributed by atoms with Gasteiger partial charge in [-0.2, -0.15) is 0 Å². The van der Waals surface area contributed by atoms with E-state index in [1.54, 1.807) is 12.1 Å². The van der Waals surface area contributed by atoms with Crippen LogP contribution in [0.2, 0.25) is 0 Å². The van der Waals surface area contributed by atoms with Gasteiger partial charge in [0.05, 0.1) is 4.92 Å². The van der Waals surface area contributed by atoms with Gasteiger partial charge in [-0.15, -0.1) is 0 Å². The molecule has 1 unspecified atom stereocenters. The lowest BCUT2D eigenvalue weighted by atomic mass is 9.92. The molecular weight excluding hydrogens is 240 g/mol. The van der Waals surface area contributed by atoms with Crippen molar-refractivity contribution in [3.05, 3.63) is 39.9 Å². The van der Waals surface area contributed by atoms with Crippen LogP contribution in [0.15, 0.2) is 24.3 Å². The molecule has 4 nitrogen and oxygen atoms in total. The molecule has 0 bridgehead atoms. The van der Waals surface area contributed by atoms with Crippen molar-refractivity contribution in [2.45, 2.75) is 45.1 Å². The number of nitrogens with zero attached hydrogens (tertiary/aromatic N) is 1. The molecule has 1 aliphatic carbocycles. The van der Waals surface area contributed by atoms with Crippen molar-refractivity contribution in [2.24, 2.45) is 5.92 Å². The SMILES string of the molecule is CCNC(Cc1ccc([N+](=O)[O-])cc1)C1CCCC1. The Morgan fingerprint density at radius 3 is 2.47 bits per heavy atom. The van der Waals surface area contributed by atoms with Gasteiger partial charge in [0.15, 0.2) is 0 Å². The third kappa shape index (κ3) is 3.77. The summed E-state index contributed by atoms with van der Waals surface area (Å²) in [5.74, 6) is 0.759. The fourth-order valence-electron chi connectivity index (χ4n) is 3.04. The summed E-state index contributed by atoms with van der Waals surface area (Å²) in [5.41, 5.74) is 1.35. The Kier molecular flexibility index (Phi) is 4.91. The molecule has 1 saturated carbocycles. The van der Waals surface area contributed by atoms with Crippen LogP contribution in [-0.2, 0) is 6.42 Å². The largest absolute Gasteiger partial charge is 0.314 e. The van der Waals surface area contributed by atoms with E-state index in [1.807, 2.05) is 12.1 Å². The summed E-state index contributed by atoms with van der Waals surface area (Å²) >= 11 is 0. The van der Waals surface area contributed by atoms with Gasteiger partial charge in [-0.1, -0.05) is 31.9 Å². The minimum Gasteiger partial charge on any atom is -0.314 e. The van der Waals surface area contributed by atoms with Crippen molar-refractivity contribution in [1.82, 2.24) is 5.32 Å². The number of nitro benzene ring substituents is 1. The second kappa shape index (κ2) is 6.66. The van der Waals surface area contributed by atoms with E-state index in [4.69, 9.17) is 0 Å². The molecule has 0 spiro atoms. The zero-order valence-electron chi connectivity index (χ0n) is 11.5. The highest BCUT2D eigenvalue weighted by Gasteiger charge is 2.24. The van der Waals surface area contributed by atoms with Gasteiger partial charge >= 0.3 is 0 Å². The van der Waals surface area contributed by atoms with E-state index in [0.29, 0.717) is 6.04 Å². The molecule has 0 aromatic heterocycles. The zero-order chi connectivity index (χ0) is 13.7. The average Bonchev–Trinajstić information content (AvgIpc) is 2.92. The fraction of sp³-hybridized carbons (Fsp3) is 0.600. The summed E-state index contributed by atoms with van der Waals surface area (Å²) < 4.78 is 0. The molecular formula is C15H22N2O2. The highest BCUT2D eigenvalue weighted by molar-refractivity contribution is 5.33. The molecule has 1 aromatic rings. The van der Waals surface area contributed by atoms with Crippen LogP contribution in [0.3, 0.4) is 0 Å². The number of benzene rings is 1. The topological polar surface area (TPSA) is 55.2 Å². The summed E-state index contributed by atoms with van der Waals surface area (Å²) in [4.78, 5) is 10.3. The van der Waals surface area contributed by atoms with Crippen LogP contribution in [0.25, 0.3) is 0 Å². The molecule has 1 atom stereocenters. The van der Waals surface area contributed by atoms with Crippen molar-refractivity contribution in [3.8, 4) is 0 Å². The molecule has 2 rings (SSSR count). The molecule has 104 valence electrons. The van der Waals surface area contributed by atoms with Crippen LogP contribution < -0.4 is 5.32 Å². The van der Waals surface area contributed by atoms with Gasteiger partial charge in [-0.25, -0.2) is 0 Å². The second-order valence-electron chi connectivity index (χ2n) is 5.34. The van der Waals surface area contributed by atoms with E-state index in [-0.39, 0.29) is 10.6 Å². The van der Waals surface area contributed by atoms with Crippen LogP contribution in [0.4, 0.5) is 5.69 Å². The lowest BCUT2D eigenvalue weighted by Crippen LogP contribution is -2.36. The Morgan fingerprint density at radius 2 is 1.95 bits per heavy atom. The molecule has 19 heavy (non-hydrogen) atoms. The third-order valence-electron chi connectivity index (χ3n) is 4.04. The number of nitro groups is 1. The number of rotatable bonds is 6. The third-order valence-corrected chi connectivity index (χ3v) is 4.04. The standard InChI is InChI=1S/C15H22N2O2/c1-2-16-15(13-5-3-4-6-13)11-12-7-9-14(10-8-12)17(18)19/h7-10,13,15-16H,2-6,11H2,1H3. The Morgan fingerprint density at radius 1 is 1.32 bits per heavy atom. The summed E-state index contributed by atoms with van der Waals surface area (Å²) in [5, 5.41) is 14.2. The van der Waals surface area contributed by atoms with Gasteiger partial charge in [-0.05, 0) is 37.3 Å². The molecule has 1 aromatic carbocycles. The monoisotopic (exact) mass is 262 g/mol. The minimum absolute atomic E-state index is 0.171. The molecule has 4 heteroatoms. The van der Waals surface area contributed by atoms with Crippen LogP contribution in [0, 0.1) is 16.0 Å². The first-order valence-corrected chi connectivity index (χ1v) is 7.17. The van der Waals surface area contributed by atoms with Crippen molar-refractivity contribution in [1.29, 1.82) is 0 Å². The van der Waals surface area contributed by atoms with E-state index in [0.717, 1.165) is 18.9 Å². The number of nitrogens with one attached hydrogen (secondary N) is 1. The Hall–Kier alpha value is -1.42. The quantitative estimate of drug-likeness (QED) is 0.632. The van der Waals surface area contributed by atoms with E-state index in [1.165, 1.54) is 31.2 Å². The molecule has 0 aliphatic heterocycles. The van der Waals surface area contributed by atoms with Crippen molar-refractivity contribution in [2.75, 3.05) is 6.54 Å². The highest BCUT2D eigenvalue weighted by Crippen LogP contribution is 2.29. The summed E-state index contributed by atoms with van der Waals surface area (Å²) in [6.45, 7) is 3.12. The Balaban J connectivity index is 2.01. The summed E-state index contributed by atoms with van der Waals surface area (Å²) in [6.07, 6.45) is 6.27. The molecule has 0 amide bonds. The number of hydrogen-bond acceptors (Lipinski definition) is 3. The molecule has 1 aliphatic rings. The van der Waals surface area contributed by atoms with Gasteiger partial charge in [0.1, 0.15) is 0 Å². The smallest absolute Gasteiger partial charge is 0.269 e. The van der Waals surface area contributed by atoms with Crippen molar-refractivity contribution >= 4 is 5.69 Å². The Labute approximate surface area is 114 Å². The van der Waals surface area contributed by atoms with E-state index >= 15 is 0 Å². The number of non-ortho nitro benzene ring substituents is 1. The average molecular weight is 262 g/mol. The predicted molar refractivity (Wildman–Crippen MR) is 76.2 cm³/mol. The lowest BCUT2D eigenvalue weighted by Gasteiger charge is -2.24. The van der Waals surface area contributed by atoms with Crippen LogP contribution in [-0.4, -0.2) is 17.5 Å². The molecule has 1 N–H and O–H groups in total.